The van der Waals surface area contributed by atoms with Crippen LogP contribution in [0.3, 0.4) is 0 Å². The summed E-state index contributed by atoms with van der Waals surface area (Å²) in [5.74, 6) is -0.481. The molecule has 3 N–H and O–H groups in total. The van der Waals surface area contributed by atoms with Gasteiger partial charge in [0.2, 0.25) is 0 Å². The molecule has 2 amide bonds. The number of unbranched alkanes of at least 4 members (excludes halogenated alkanes) is 1. The van der Waals surface area contributed by atoms with Gasteiger partial charge in [0, 0.05) is 18.2 Å². The lowest BCUT2D eigenvalue weighted by molar-refractivity contribution is 0.168. The van der Waals surface area contributed by atoms with Gasteiger partial charge in [-0.3, -0.25) is 0 Å². The summed E-state index contributed by atoms with van der Waals surface area (Å²) in [6, 6.07) is 5.64. The average molecular weight is 294 g/mol. The van der Waals surface area contributed by atoms with Gasteiger partial charge in [0.25, 0.3) is 0 Å². The molecule has 2 atom stereocenters. The molecule has 1 aromatic carbocycles. The maximum absolute atomic E-state index is 13.5. The lowest BCUT2D eigenvalue weighted by atomic mass is 10.1. The van der Waals surface area contributed by atoms with E-state index in [0.29, 0.717) is 0 Å². The second kappa shape index (κ2) is 9.13. The SMILES string of the molecule is C=CCCCC(C)NC(=O)NCC(O)c1ccccc1F. The molecular weight excluding hydrogens is 271 g/mol. The van der Waals surface area contributed by atoms with Crippen molar-refractivity contribution < 1.29 is 14.3 Å². The monoisotopic (exact) mass is 294 g/mol. The third-order valence-corrected chi connectivity index (χ3v) is 3.14. The number of benzene rings is 1. The van der Waals surface area contributed by atoms with Gasteiger partial charge in [-0.05, 0) is 32.3 Å². The Hall–Kier alpha value is -1.88. The highest BCUT2D eigenvalue weighted by Gasteiger charge is 2.14. The van der Waals surface area contributed by atoms with Gasteiger partial charge in [0.05, 0.1) is 6.10 Å². The number of rotatable bonds is 8. The van der Waals surface area contributed by atoms with Crippen molar-refractivity contribution in [2.75, 3.05) is 6.54 Å². The Kier molecular flexibility index (Phi) is 7.46. The predicted octanol–water partition coefficient (Wildman–Crippen LogP) is 2.90. The molecule has 0 bridgehead atoms. The summed E-state index contributed by atoms with van der Waals surface area (Å²) in [4.78, 5) is 11.7. The van der Waals surface area contributed by atoms with Crippen LogP contribution in [0.15, 0.2) is 36.9 Å². The Morgan fingerprint density at radius 3 is 2.86 bits per heavy atom. The van der Waals surface area contributed by atoms with Crippen LogP contribution in [0.25, 0.3) is 0 Å². The molecule has 1 aromatic rings. The molecule has 21 heavy (non-hydrogen) atoms. The average Bonchev–Trinajstić information content (AvgIpc) is 2.45. The lowest BCUT2D eigenvalue weighted by Gasteiger charge is -2.16. The number of urea groups is 1. The summed E-state index contributed by atoms with van der Waals surface area (Å²) in [6.07, 6.45) is 3.52. The van der Waals surface area contributed by atoms with Crippen LogP contribution in [-0.2, 0) is 0 Å². The molecule has 0 aromatic heterocycles. The summed E-state index contributed by atoms with van der Waals surface area (Å²) in [7, 11) is 0. The van der Waals surface area contributed by atoms with E-state index in [-0.39, 0.29) is 24.2 Å². The molecule has 0 saturated carbocycles. The van der Waals surface area contributed by atoms with E-state index in [9.17, 15) is 14.3 Å². The van der Waals surface area contributed by atoms with E-state index in [4.69, 9.17) is 0 Å². The number of hydrogen-bond donors (Lipinski definition) is 3. The lowest BCUT2D eigenvalue weighted by Crippen LogP contribution is -2.42. The van der Waals surface area contributed by atoms with Crippen molar-refractivity contribution in [3.8, 4) is 0 Å². The van der Waals surface area contributed by atoms with Crippen molar-refractivity contribution in [1.29, 1.82) is 0 Å². The number of aliphatic hydroxyl groups excluding tert-OH is 1. The molecule has 0 aliphatic carbocycles. The minimum Gasteiger partial charge on any atom is -0.386 e. The molecule has 0 saturated heterocycles. The topological polar surface area (TPSA) is 61.4 Å². The van der Waals surface area contributed by atoms with Crippen LogP contribution in [0, 0.1) is 5.82 Å². The number of amides is 2. The van der Waals surface area contributed by atoms with Crippen molar-refractivity contribution >= 4 is 6.03 Å². The third kappa shape index (κ3) is 6.40. The van der Waals surface area contributed by atoms with Gasteiger partial charge in [-0.25, -0.2) is 9.18 Å². The summed E-state index contributed by atoms with van der Waals surface area (Å²) >= 11 is 0. The van der Waals surface area contributed by atoms with Crippen LogP contribution >= 0.6 is 0 Å². The van der Waals surface area contributed by atoms with E-state index in [0.717, 1.165) is 19.3 Å². The van der Waals surface area contributed by atoms with Gasteiger partial charge in [0.1, 0.15) is 5.82 Å². The van der Waals surface area contributed by atoms with Crippen LogP contribution in [0.2, 0.25) is 0 Å². The molecule has 4 nitrogen and oxygen atoms in total. The highest BCUT2D eigenvalue weighted by Crippen LogP contribution is 2.15. The van der Waals surface area contributed by atoms with Crippen LogP contribution in [0.1, 0.15) is 37.9 Å². The standard InChI is InChI=1S/C16H23FN2O2/c1-3-4-5-8-12(2)19-16(21)18-11-15(20)13-9-6-7-10-14(13)17/h3,6-7,9-10,12,15,20H,1,4-5,8,11H2,2H3,(H2,18,19,21). The van der Waals surface area contributed by atoms with Crippen molar-refractivity contribution in [2.24, 2.45) is 0 Å². The van der Waals surface area contributed by atoms with Gasteiger partial charge in [-0.1, -0.05) is 24.3 Å². The predicted molar refractivity (Wildman–Crippen MR) is 81.4 cm³/mol. The number of hydrogen-bond acceptors (Lipinski definition) is 2. The second-order valence-corrected chi connectivity index (χ2v) is 5.01. The molecular formula is C16H23FN2O2. The fourth-order valence-electron chi connectivity index (χ4n) is 1.96. The van der Waals surface area contributed by atoms with Crippen molar-refractivity contribution in [3.05, 3.63) is 48.3 Å². The summed E-state index contributed by atoms with van der Waals surface area (Å²) in [6.45, 7) is 5.52. The van der Waals surface area contributed by atoms with Crippen molar-refractivity contribution in [2.45, 2.75) is 38.3 Å². The Balaban J connectivity index is 2.32. The van der Waals surface area contributed by atoms with Crippen LogP contribution in [-0.4, -0.2) is 23.7 Å². The first-order valence-electron chi connectivity index (χ1n) is 7.12. The van der Waals surface area contributed by atoms with E-state index in [2.05, 4.69) is 17.2 Å². The smallest absolute Gasteiger partial charge is 0.315 e. The summed E-state index contributed by atoms with van der Waals surface area (Å²) in [5, 5.41) is 15.2. The van der Waals surface area contributed by atoms with E-state index in [1.54, 1.807) is 12.1 Å². The van der Waals surface area contributed by atoms with Gasteiger partial charge in [0.15, 0.2) is 0 Å². The fourth-order valence-corrected chi connectivity index (χ4v) is 1.96. The number of allylic oxidation sites excluding steroid dienone is 1. The Bertz CT molecular complexity index is 465. The zero-order chi connectivity index (χ0) is 15.7. The number of carbonyl (C=O) groups is 1. The Morgan fingerprint density at radius 2 is 2.19 bits per heavy atom. The zero-order valence-corrected chi connectivity index (χ0v) is 12.3. The molecule has 0 aliphatic heterocycles. The quantitative estimate of drug-likeness (QED) is 0.510. The van der Waals surface area contributed by atoms with Crippen LogP contribution in [0.5, 0.6) is 0 Å². The Morgan fingerprint density at radius 1 is 1.48 bits per heavy atom. The first-order chi connectivity index (χ1) is 10.0. The summed E-state index contributed by atoms with van der Waals surface area (Å²) in [5.41, 5.74) is 0.178. The van der Waals surface area contributed by atoms with E-state index in [1.807, 2.05) is 13.0 Å². The molecule has 0 radical (unpaired) electrons. The minimum absolute atomic E-state index is 0.0356. The first kappa shape index (κ1) is 17.2. The molecule has 0 heterocycles. The highest BCUT2D eigenvalue weighted by molar-refractivity contribution is 5.74. The van der Waals surface area contributed by atoms with Gasteiger partial charge in [-0.15, -0.1) is 6.58 Å². The number of carbonyl (C=O) groups excluding carboxylic acids is 1. The normalized spacial score (nSPS) is 13.3. The van der Waals surface area contributed by atoms with Gasteiger partial charge >= 0.3 is 6.03 Å². The molecule has 2 unspecified atom stereocenters. The van der Waals surface area contributed by atoms with Gasteiger partial charge in [-0.2, -0.15) is 0 Å². The molecule has 0 spiro atoms. The van der Waals surface area contributed by atoms with E-state index < -0.39 is 11.9 Å². The number of halogens is 1. The number of nitrogens with one attached hydrogen (secondary N) is 2. The summed E-state index contributed by atoms with van der Waals surface area (Å²) < 4.78 is 13.5. The molecule has 1 rings (SSSR count). The maximum atomic E-state index is 13.5. The van der Waals surface area contributed by atoms with Crippen molar-refractivity contribution in [3.63, 3.8) is 0 Å². The molecule has 0 aliphatic rings. The third-order valence-electron chi connectivity index (χ3n) is 3.14. The van der Waals surface area contributed by atoms with E-state index in [1.165, 1.54) is 12.1 Å². The molecule has 0 fully saturated rings. The van der Waals surface area contributed by atoms with Gasteiger partial charge < -0.3 is 15.7 Å². The van der Waals surface area contributed by atoms with Crippen LogP contribution < -0.4 is 10.6 Å². The van der Waals surface area contributed by atoms with Crippen LogP contribution in [0.4, 0.5) is 9.18 Å². The zero-order valence-electron chi connectivity index (χ0n) is 12.3. The minimum atomic E-state index is -1.06. The highest BCUT2D eigenvalue weighted by atomic mass is 19.1. The maximum Gasteiger partial charge on any atom is 0.315 e. The van der Waals surface area contributed by atoms with Crippen molar-refractivity contribution in [1.82, 2.24) is 10.6 Å². The Labute approximate surface area is 125 Å². The molecule has 116 valence electrons. The number of aliphatic hydroxyl groups is 1. The molecule has 5 heteroatoms. The second-order valence-electron chi connectivity index (χ2n) is 5.01. The fraction of sp³-hybridized carbons (Fsp3) is 0.438. The van der Waals surface area contributed by atoms with E-state index >= 15 is 0 Å². The first-order valence-corrected chi connectivity index (χ1v) is 7.12. The largest absolute Gasteiger partial charge is 0.386 e.